The summed E-state index contributed by atoms with van der Waals surface area (Å²) in [4.78, 5) is 38.1. The van der Waals surface area contributed by atoms with Crippen molar-refractivity contribution in [1.29, 1.82) is 0 Å². The molecule has 0 heterocycles. The van der Waals surface area contributed by atoms with E-state index in [2.05, 4.69) is 167 Å². The third kappa shape index (κ3) is 54.1. The van der Waals surface area contributed by atoms with E-state index >= 15 is 0 Å². The number of rotatable bonds is 47. The predicted molar refractivity (Wildman–Crippen MR) is 297 cm³/mol. The Balaban J connectivity index is 4.63. The lowest BCUT2D eigenvalue weighted by Crippen LogP contribution is -2.30. The number of hydrogen-bond acceptors (Lipinski definition) is 6. The molecule has 0 spiro atoms. The summed E-state index contributed by atoms with van der Waals surface area (Å²) < 4.78 is 16.7. The summed E-state index contributed by atoms with van der Waals surface area (Å²) in [5, 5.41) is 0. The van der Waals surface area contributed by atoms with Crippen LogP contribution in [-0.2, 0) is 28.6 Å². The van der Waals surface area contributed by atoms with Crippen molar-refractivity contribution in [3.8, 4) is 0 Å². The normalized spacial score (nSPS) is 13.3. The number of carbonyl (C=O) groups is 3. The maximum atomic E-state index is 12.8. The quantitative estimate of drug-likeness (QED) is 0.0262. The lowest BCUT2D eigenvalue weighted by Gasteiger charge is -2.18. The molecule has 0 unspecified atom stereocenters. The van der Waals surface area contributed by atoms with Crippen molar-refractivity contribution < 1.29 is 28.6 Å². The van der Waals surface area contributed by atoms with Gasteiger partial charge in [0.05, 0.1) is 0 Å². The maximum absolute atomic E-state index is 12.8. The lowest BCUT2D eigenvalue weighted by atomic mass is 10.1. The SMILES string of the molecule is CC/C=C\C/C=C\C/C=C\C/C=C\C/C=C\CCCC(=O)O[C@@H](COC(=O)CCC/C=C\C/C=C\C/C=C\CCCCCCCC)COC(=O)CCCCCC/C=C\C/C=C\C/C=C\C/C=C\CC. The van der Waals surface area contributed by atoms with Crippen LogP contribution in [0.25, 0.3) is 0 Å². The fourth-order valence-corrected chi connectivity index (χ4v) is 6.78. The van der Waals surface area contributed by atoms with Crippen molar-refractivity contribution in [2.24, 2.45) is 0 Å². The fourth-order valence-electron chi connectivity index (χ4n) is 6.78. The van der Waals surface area contributed by atoms with Gasteiger partial charge in [-0.05, 0) is 128 Å². The van der Waals surface area contributed by atoms with Crippen molar-refractivity contribution >= 4 is 17.9 Å². The Morgan fingerprint density at radius 3 is 0.942 bits per heavy atom. The van der Waals surface area contributed by atoms with Crippen LogP contribution in [0.1, 0.15) is 213 Å². The summed E-state index contributed by atoms with van der Waals surface area (Å²) in [5.41, 5.74) is 0. The number of hydrogen-bond donors (Lipinski definition) is 0. The second-order valence-corrected chi connectivity index (χ2v) is 17.4. The molecule has 1 atom stereocenters. The van der Waals surface area contributed by atoms with Gasteiger partial charge >= 0.3 is 17.9 Å². The lowest BCUT2D eigenvalue weighted by molar-refractivity contribution is -0.167. The van der Waals surface area contributed by atoms with E-state index in [4.69, 9.17) is 14.2 Å². The molecular weight excluding hydrogens is 853 g/mol. The first kappa shape index (κ1) is 64.3. The van der Waals surface area contributed by atoms with Gasteiger partial charge in [-0.25, -0.2) is 0 Å². The standard InChI is InChI=1S/C63H98O6/c1-4-7-10-13-16-19-22-25-28-31-34-37-40-43-46-49-52-55-61(64)67-58-60(69-63(66)57-54-51-48-45-42-39-36-33-30-27-24-21-18-15-12-9-6-3)59-68-62(65)56-53-50-47-44-41-38-35-32-29-26-23-20-17-14-11-8-5-2/h7,9-10,12,16,18-19,21,25-30,34-39,44-45,47-48,60H,4-6,8,11,13-15,17,20,22-24,31-33,40-43,46,49-59H2,1-3H3/b10-7-,12-9-,19-16-,21-18-,28-25-,29-26-,30-27-,37-34-,38-35-,39-36-,47-44-,48-45-/t60-/m1/s1. The second-order valence-electron chi connectivity index (χ2n) is 17.4. The molecule has 0 bridgehead atoms. The highest BCUT2D eigenvalue weighted by Crippen LogP contribution is 2.11. The molecule has 386 valence electrons. The smallest absolute Gasteiger partial charge is 0.306 e. The second kappa shape index (κ2) is 55.9. The largest absolute Gasteiger partial charge is 0.462 e. The molecule has 0 aromatic rings. The molecule has 0 amide bonds. The van der Waals surface area contributed by atoms with Gasteiger partial charge in [-0.2, -0.15) is 0 Å². The van der Waals surface area contributed by atoms with Crippen LogP contribution in [0.5, 0.6) is 0 Å². The van der Waals surface area contributed by atoms with E-state index in [1.807, 2.05) is 0 Å². The van der Waals surface area contributed by atoms with Crippen LogP contribution in [0.3, 0.4) is 0 Å². The van der Waals surface area contributed by atoms with E-state index in [1.165, 1.54) is 44.9 Å². The van der Waals surface area contributed by atoms with E-state index < -0.39 is 12.1 Å². The predicted octanol–water partition coefficient (Wildman–Crippen LogP) is 18.4. The summed E-state index contributed by atoms with van der Waals surface area (Å²) in [7, 11) is 0. The van der Waals surface area contributed by atoms with Crippen molar-refractivity contribution in [3.63, 3.8) is 0 Å². The number of carbonyl (C=O) groups excluding carboxylic acids is 3. The zero-order valence-electron chi connectivity index (χ0n) is 44.0. The molecule has 0 N–H and O–H groups in total. The summed E-state index contributed by atoms with van der Waals surface area (Å²) in [5.74, 6) is -1.08. The fraction of sp³-hybridized carbons (Fsp3) is 0.571. The molecule has 0 fully saturated rings. The topological polar surface area (TPSA) is 78.9 Å². The van der Waals surface area contributed by atoms with E-state index in [0.29, 0.717) is 19.3 Å². The van der Waals surface area contributed by atoms with E-state index in [-0.39, 0.29) is 38.0 Å². The molecule has 0 saturated heterocycles. The molecule has 0 radical (unpaired) electrons. The average Bonchev–Trinajstić information content (AvgIpc) is 3.35. The molecular formula is C63H98O6. The van der Waals surface area contributed by atoms with E-state index in [9.17, 15) is 14.4 Å². The number of ether oxygens (including phenoxy) is 3. The minimum Gasteiger partial charge on any atom is -0.462 e. The van der Waals surface area contributed by atoms with Crippen LogP contribution < -0.4 is 0 Å². The van der Waals surface area contributed by atoms with Crippen molar-refractivity contribution in [1.82, 2.24) is 0 Å². The van der Waals surface area contributed by atoms with Crippen LogP contribution >= 0.6 is 0 Å². The van der Waals surface area contributed by atoms with Gasteiger partial charge in [-0.1, -0.05) is 212 Å². The van der Waals surface area contributed by atoms with Crippen molar-refractivity contribution in [2.75, 3.05) is 13.2 Å². The molecule has 0 aliphatic carbocycles. The maximum Gasteiger partial charge on any atom is 0.306 e. The molecule has 0 aliphatic heterocycles. The Bertz CT molecular complexity index is 1560. The van der Waals surface area contributed by atoms with Crippen LogP contribution in [0.2, 0.25) is 0 Å². The van der Waals surface area contributed by atoms with Gasteiger partial charge in [-0.15, -0.1) is 0 Å². The van der Waals surface area contributed by atoms with Crippen molar-refractivity contribution in [2.45, 2.75) is 219 Å². The van der Waals surface area contributed by atoms with E-state index in [0.717, 1.165) is 116 Å². The zero-order chi connectivity index (χ0) is 50.0. The number of esters is 3. The highest BCUT2D eigenvalue weighted by molar-refractivity contribution is 5.71. The molecule has 0 saturated carbocycles. The van der Waals surface area contributed by atoms with Gasteiger partial charge < -0.3 is 14.2 Å². The minimum atomic E-state index is -0.845. The molecule has 69 heavy (non-hydrogen) atoms. The van der Waals surface area contributed by atoms with E-state index in [1.54, 1.807) is 0 Å². The molecule has 0 aromatic carbocycles. The molecule has 0 aromatic heterocycles. The summed E-state index contributed by atoms with van der Waals surface area (Å²) in [6, 6.07) is 0. The van der Waals surface area contributed by atoms with Gasteiger partial charge in [-0.3, -0.25) is 14.4 Å². The Morgan fingerprint density at radius 2 is 0.580 bits per heavy atom. The van der Waals surface area contributed by atoms with Gasteiger partial charge in [0.1, 0.15) is 13.2 Å². The summed E-state index contributed by atoms with van der Waals surface area (Å²) in [6.45, 7) is 6.27. The first-order valence-corrected chi connectivity index (χ1v) is 27.3. The van der Waals surface area contributed by atoms with Crippen molar-refractivity contribution in [3.05, 3.63) is 146 Å². The summed E-state index contributed by atoms with van der Waals surface area (Å²) >= 11 is 0. The first-order valence-electron chi connectivity index (χ1n) is 27.3. The van der Waals surface area contributed by atoms with Crippen LogP contribution in [-0.4, -0.2) is 37.2 Å². The molecule has 6 heteroatoms. The molecule has 0 rings (SSSR count). The molecule has 0 aliphatic rings. The first-order chi connectivity index (χ1) is 34.0. The Hall–Kier alpha value is -4.71. The Morgan fingerprint density at radius 1 is 0.304 bits per heavy atom. The Labute approximate surface area is 423 Å². The number of allylic oxidation sites excluding steroid dienone is 24. The minimum absolute atomic E-state index is 0.135. The van der Waals surface area contributed by atoms with Crippen LogP contribution in [0.15, 0.2) is 146 Å². The number of unbranched alkanes of at least 4 members (excludes halogenated alkanes) is 12. The summed E-state index contributed by atoms with van der Waals surface area (Å²) in [6.07, 6.45) is 79.9. The third-order valence-electron chi connectivity index (χ3n) is 10.8. The highest BCUT2D eigenvalue weighted by atomic mass is 16.6. The average molecular weight is 951 g/mol. The third-order valence-corrected chi connectivity index (χ3v) is 10.8. The van der Waals surface area contributed by atoms with Gasteiger partial charge in [0, 0.05) is 19.3 Å². The molecule has 6 nitrogen and oxygen atoms in total. The van der Waals surface area contributed by atoms with Crippen LogP contribution in [0, 0.1) is 0 Å². The van der Waals surface area contributed by atoms with Gasteiger partial charge in [0.15, 0.2) is 6.10 Å². The highest BCUT2D eigenvalue weighted by Gasteiger charge is 2.19. The Kier molecular flexibility index (Phi) is 52.1. The van der Waals surface area contributed by atoms with Gasteiger partial charge in [0.2, 0.25) is 0 Å². The monoisotopic (exact) mass is 951 g/mol. The zero-order valence-corrected chi connectivity index (χ0v) is 44.0. The van der Waals surface area contributed by atoms with Gasteiger partial charge in [0.25, 0.3) is 0 Å². The van der Waals surface area contributed by atoms with Crippen LogP contribution in [0.4, 0.5) is 0 Å².